The highest BCUT2D eigenvalue weighted by Gasteiger charge is 2.00. The molecule has 0 saturated carbocycles. The van der Waals surface area contributed by atoms with Crippen molar-refractivity contribution in [1.82, 2.24) is 0 Å². The van der Waals surface area contributed by atoms with Crippen molar-refractivity contribution in [3.63, 3.8) is 0 Å². The third-order valence-corrected chi connectivity index (χ3v) is 1.51. The van der Waals surface area contributed by atoms with Crippen LogP contribution >= 0.6 is 0 Å². The summed E-state index contributed by atoms with van der Waals surface area (Å²) in [7, 11) is 0. The topological polar surface area (TPSA) is 58.9 Å². The molecule has 4 nitrogen and oxygen atoms in total. The summed E-state index contributed by atoms with van der Waals surface area (Å²) < 4.78 is 10.2. The number of aliphatic hydroxyl groups is 2. The van der Waals surface area contributed by atoms with E-state index in [0.717, 1.165) is 0 Å². The fourth-order valence-corrected chi connectivity index (χ4v) is 0.709. The number of hydrogen-bond donors (Lipinski definition) is 2. The molecule has 2 N–H and O–H groups in total. The Morgan fingerprint density at radius 2 is 1.62 bits per heavy atom. The molecule has 0 bridgehead atoms. The second-order valence-corrected chi connectivity index (χ2v) is 3.06. The zero-order chi connectivity index (χ0) is 10.1. The van der Waals surface area contributed by atoms with Gasteiger partial charge in [0.15, 0.2) is 0 Å². The summed E-state index contributed by atoms with van der Waals surface area (Å²) in [6.45, 7) is 5.18. The highest BCUT2D eigenvalue weighted by molar-refractivity contribution is 4.48. The van der Waals surface area contributed by atoms with Crippen molar-refractivity contribution in [2.45, 2.75) is 32.5 Å². The molecular weight excluding hydrogens is 172 g/mol. The van der Waals surface area contributed by atoms with E-state index in [1.807, 2.05) is 6.92 Å². The summed E-state index contributed by atoms with van der Waals surface area (Å²) in [6.07, 6.45) is -0.105. The van der Waals surface area contributed by atoms with E-state index in [1.54, 1.807) is 6.92 Å². The molecule has 0 heterocycles. The third-order valence-electron chi connectivity index (χ3n) is 1.51. The van der Waals surface area contributed by atoms with Crippen LogP contribution in [0.25, 0.3) is 0 Å². The Hall–Kier alpha value is -0.160. The molecule has 0 amide bonds. The van der Waals surface area contributed by atoms with E-state index in [4.69, 9.17) is 19.7 Å². The molecule has 80 valence electrons. The molecule has 0 aliphatic rings. The third kappa shape index (κ3) is 9.76. The van der Waals surface area contributed by atoms with Gasteiger partial charge in [0, 0.05) is 0 Å². The molecule has 2 atom stereocenters. The summed E-state index contributed by atoms with van der Waals surface area (Å²) in [5.74, 6) is 0. The SMILES string of the molecule is CCC(O)COCCOCC(C)O. The summed E-state index contributed by atoms with van der Waals surface area (Å²) in [5.41, 5.74) is 0. The normalized spacial score (nSPS) is 15.7. The maximum atomic E-state index is 9.10. The number of aliphatic hydroxyl groups excluding tert-OH is 2. The lowest BCUT2D eigenvalue weighted by molar-refractivity contribution is -0.0141. The van der Waals surface area contributed by atoms with Gasteiger partial charge in [-0.05, 0) is 13.3 Å². The van der Waals surface area contributed by atoms with Crippen LogP contribution in [-0.4, -0.2) is 48.8 Å². The van der Waals surface area contributed by atoms with Crippen LogP contribution in [0.2, 0.25) is 0 Å². The minimum Gasteiger partial charge on any atom is -0.391 e. The number of hydrogen-bond acceptors (Lipinski definition) is 4. The molecule has 0 rings (SSSR count). The monoisotopic (exact) mass is 192 g/mol. The van der Waals surface area contributed by atoms with E-state index in [-0.39, 0.29) is 6.10 Å². The summed E-state index contributed by atoms with van der Waals surface area (Å²) in [6, 6.07) is 0. The molecule has 0 aromatic carbocycles. The Balaban J connectivity index is 2.99. The Labute approximate surface area is 79.5 Å². The van der Waals surface area contributed by atoms with Gasteiger partial charge < -0.3 is 19.7 Å². The van der Waals surface area contributed by atoms with Crippen LogP contribution in [0.1, 0.15) is 20.3 Å². The van der Waals surface area contributed by atoms with Crippen LogP contribution in [0.15, 0.2) is 0 Å². The van der Waals surface area contributed by atoms with Crippen molar-refractivity contribution in [2.75, 3.05) is 26.4 Å². The molecule has 0 aromatic rings. The standard InChI is InChI=1S/C9H20O4/c1-3-9(11)7-13-5-4-12-6-8(2)10/h8-11H,3-7H2,1-2H3. The molecule has 0 spiro atoms. The van der Waals surface area contributed by atoms with E-state index in [2.05, 4.69) is 0 Å². The number of rotatable bonds is 8. The van der Waals surface area contributed by atoms with Crippen LogP contribution in [-0.2, 0) is 9.47 Å². The van der Waals surface area contributed by atoms with E-state index in [0.29, 0.717) is 32.8 Å². The fraction of sp³-hybridized carbons (Fsp3) is 1.00. The second-order valence-electron chi connectivity index (χ2n) is 3.06. The molecule has 0 fully saturated rings. The highest BCUT2D eigenvalue weighted by Crippen LogP contribution is 1.90. The van der Waals surface area contributed by atoms with Gasteiger partial charge in [0.1, 0.15) is 0 Å². The van der Waals surface area contributed by atoms with Crippen molar-refractivity contribution in [1.29, 1.82) is 0 Å². The average molecular weight is 192 g/mol. The minimum atomic E-state index is -0.429. The molecule has 2 unspecified atom stereocenters. The minimum absolute atomic E-state index is 0.333. The van der Waals surface area contributed by atoms with Crippen LogP contribution in [0, 0.1) is 0 Å². The Morgan fingerprint density at radius 3 is 2.08 bits per heavy atom. The second kappa shape index (κ2) is 8.44. The molecule has 4 heteroatoms. The van der Waals surface area contributed by atoms with Crippen molar-refractivity contribution in [3.8, 4) is 0 Å². The smallest absolute Gasteiger partial charge is 0.0771 e. The van der Waals surface area contributed by atoms with E-state index >= 15 is 0 Å². The maximum absolute atomic E-state index is 9.10. The molecule has 0 saturated heterocycles. The zero-order valence-electron chi connectivity index (χ0n) is 8.40. The molecular formula is C9H20O4. The van der Waals surface area contributed by atoms with Crippen LogP contribution in [0.4, 0.5) is 0 Å². The van der Waals surface area contributed by atoms with E-state index < -0.39 is 6.10 Å². The summed E-state index contributed by atoms with van der Waals surface area (Å²) in [4.78, 5) is 0. The maximum Gasteiger partial charge on any atom is 0.0771 e. The van der Waals surface area contributed by atoms with Crippen LogP contribution in [0.3, 0.4) is 0 Å². The summed E-state index contributed by atoms with van der Waals surface area (Å²) in [5, 5.41) is 17.9. The van der Waals surface area contributed by atoms with Gasteiger partial charge in [-0.1, -0.05) is 6.92 Å². The molecule has 0 aliphatic carbocycles. The predicted octanol–water partition coefficient (Wildman–Crippen LogP) is 0.171. The van der Waals surface area contributed by atoms with Gasteiger partial charge in [-0.15, -0.1) is 0 Å². The van der Waals surface area contributed by atoms with Gasteiger partial charge in [-0.3, -0.25) is 0 Å². The quantitative estimate of drug-likeness (QED) is 0.538. The average Bonchev–Trinajstić information content (AvgIpc) is 2.10. The van der Waals surface area contributed by atoms with Crippen molar-refractivity contribution in [3.05, 3.63) is 0 Å². The first-order valence-corrected chi connectivity index (χ1v) is 4.68. The van der Waals surface area contributed by atoms with E-state index in [1.165, 1.54) is 0 Å². The molecule has 0 radical (unpaired) electrons. The van der Waals surface area contributed by atoms with Crippen molar-refractivity contribution in [2.24, 2.45) is 0 Å². The Kier molecular flexibility index (Phi) is 8.33. The first kappa shape index (κ1) is 12.8. The lowest BCUT2D eigenvalue weighted by Crippen LogP contribution is -2.18. The van der Waals surface area contributed by atoms with Gasteiger partial charge in [-0.2, -0.15) is 0 Å². The van der Waals surface area contributed by atoms with Gasteiger partial charge in [0.2, 0.25) is 0 Å². The van der Waals surface area contributed by atoms with E-state index in [9.17, 15) is 0 Å². The zero-order valence-corrected chi connectivity index (χ0v) is 8.40. The van der Waals surface area contributed by atoms with Crippen LogP contribution in [0.5, 0.6) is 0 Å². The lowest BCUT2D eigenvalue weighted by Gasteiger charge is -2.09. The summed E-state index contributed by atoms with van der Waals surface area (Å²) >= 11 is 0. The Morgan fingerprint density at radius 1 is 1.08 bits per heavy atom. The Bertz CT molecular complexity index is 106. The van der Waals surface area contributed by atoms with Gasteiger partial charge >= 0.3 is 0 Å². The lowest BCUT2D eigenvalue weighted by atomic mass is 10.3. The molecule has 0 aromatic heterocycles. The molecule has 0 aliphatic heterocycles. The van der Waals surface area contributed by atoms with Gasteiger partial charge in [0.25, 0.3) is 0 Å². The molecule has 13 heavy (non-hydrogen) atoms. The van der Waals surface area contributed by atoms with Crippen molar-refractivity contribution < 1.29 is 19.7 Å². The fourth-order valence-electron chi connectivity index (χ4n) is 0.709. The number of ether oxygens (including phenoxy) is 2. The first-order valence-electron chi connectivity index (χ1n) is 4.68. The first-order chi connectivity index (χ1) is 6.16. The van der Waals surface area contributed by atoms with Gasteiger partial charge in [-0.25, -0.2) is 0 Å². The van der Waals surface area contributed by atoms with Crippen molar-refractivity contribution >= 4 is 0 Å². The largest absolute Gasteiger partial charge is 0.391 e. The van der Waals surface area contributed by atoms with Crippen LogP contribution < -0.4 is 0 Å². The highest BCUT2D eigenvalue weighted by atomic mass is 16.5. The predicted molar refractivity (Wildman–Crippen MR) is 49.6 cm³/mol. The van der Waals surface area contributed by atoms with Gasteiger partial charge in [0.05, 0.1) is 38.6 Å².